The molecule has 0 aliphatic rings. The maximum absolute atomic E-state index is 12.0. The molecule has 2 rings (SSSR count). The Labute approximate surface area is 150 Å². The van der Waals surface area contributed by atoms with Gasteiger partial charge in [0.2, 0.25) is 5.75 Å². The number of amides is 1. The monoisotopic (exact) mass is 441 g/mol. The number of nitrogens with one attached hydrogen (secondary N) is 1. The fraction of sp³-hybridized carbons (Fsp3) is 0.0667. The van der Waals surface area contributed by atoms with Gasteiger partial charge in [-0.15, -0.1) is 0 Å². The van der Waals surface area contributed by atoms with E-state index in [-0.39, 0.29) is 17.1 Å². The van der Waals surface area contributed by atoms with Crippen molar-refractivity contribution < 1.29 is 19.6 Å². The van der Waals surface area contributed by atoms with E-state index in [4.69, 9.17) is 4.74 Å². The first-order valence-corrected chi connectivity index (χ1v) is 7.65. The van der Waals surface area contributed by atoms with Crippen LogP contribution in [0.25, 0.3) is 0 Å². The van der Waals surface area contributed by atoms with Crippen LogP contribution in [0.4, 0.5) is 5.69 Å². The summed E-state index contributed by atoms with van der Waals surface area (Å²) in [6.07, 6.45) is 1.12. The molecule has 8 nitrogen and oxygen atoms in total. The molecule has 0 bridgehead atoms. The number of hydrazone groups is 1. The van der Waals surface area contributed by atoms with Gasteiger partial charge >= 0.3 is 5.69 Å². The molecule has 0 unspecified atom stereocenters. The quantitative estimate of drug-likeness (QED) is 0.321. The zero-order chi connectivity index (χ0) is 17.7. The number of methoxy groups -OCH3 is 1. The highest BCUT2D eigenvalue weighted by Gasteiger charge is 2.23. The normalized spacial score (nSPS) is 10.6. The molecule has 9 heteroatoms. The van der Waals surface area contributed by atoms with Crippen molar-refractivity contribution in [2.75, 3.05) is 7.11 Å². The standard InChI is InChI=1S/C15H12IN3O5/c1-24-14-12(20)6-5-10(13(14)19(22)23)8-17-18-15(21)9-3-2-4-11(16)7-9/h2-8,20H,1H3,(H,18,21)/b17-8+. The van der Waals surface area contributed by atoms with Gasteiger partial charge in [0.05, 0.1) is 23.8 Å². The number of nitro benzene ring substituents is 1. The van der Waals surface area contributed by atoms with Crippen LogP contribution in [0.1, 0.15) is 15.9 Å². The van der Waals surface area contributed by atoms with Crippen LogP contribution >= 0.6 is 22.6 Å². The minimum Gasteiger partial charge on any atom is -0.504 e. The van der Waals surface area contributed by atoms with Gasteiger partial charge in [0.25, 0.3) is 5.91 Å². The number of aromatic hydroxyl groups is 1. The summed E-state index contributed by atoms with van der Waals surface area (Å²) in [4.78, 5) is 22.4. The second kappa shape index (κ2) is 7.73. The fourth-order valence-corrected chi connectivity index (χ4v) is 2.47. The summed E-state index contributed by atoms with van der Waals surface area (Å²) in [5, 5.41) is 24.5. The molecule has 1 amide bonds. The Kier molecular flexibility index (Phi) is 5.68. The average Bonchev–Trinajstić information content (AvgIpc) is 2.55. The molecule has 0 atom stereocenters. The Balaban J connectivity index is 2.23. The van der Waals surface area contributed by atoms with Crippen LogP contribution in [0, 0.1) is 13.7 Å². The van der Waals surface area contributed by atoms with Crippen molar-refractivity contribution in [3.05, 3.63) is 61.2 Å². The predicted octanol–water partition coefficient (Wildman–Crippen LogP) is 2.68. The molecular formula is C15H12IN3O5. The van der Waals surface area contributed by atoms with Crippen LogP contribution in [0.2, 0.25) is 0 Å². The third kappa shape index (κ3) is 3.98. The summed E-state index contributed by atoms with van der Waals surface area (Å²) in [5.74, 6) is -1.07. The smallest absolute Gasteiger partial charge is 0.323 e. The van der Waals surface area contributed by atoms with E-state index < -0.39 is 16.5 Å². The number of benzene rings is 2. The van der Waals surface area contributed by atoms with Crippen molar-refractivity contribution in [3.8, 4) is 11.5 Å². The van der Waals surface area contributed by atoms with E-state index in [1.54, 1.807) is 18.2 Å². The van der Waals surface area contributed by atoms with Gasteiger partial charge in [-0.1, -0.05) is 6.07 Å². The van der Waals surface area contributed by atoms with E-state index in [0.29, 0.717) is 5.56 Å². The molecule has 24 heavy (non-hydrogen) atoms. The van der Waals surface area contributed by atoms with Gasteiger partial charge in [0, 0.05) is 9.13 Å². The largest absolute Gasteiger partial charge is 0.504 e. The second-order valence-electron chi connectivity index (χ2n) is 4.52. The van der Waals surface area contributed by atoms with Gasteiger partial charge in [0.1, 0.15) is 0 Å². The number of carbonyl (C=O) groups is 1. The molecule has 0 fully saturated rings. The van der Waals surface area contributed by atoms with Gasteiger partial charge < -0.3 is 9.84 Å². The van der Waals surface area contributed by atoms with Crippen LogP contribution in [-0.4, -0.2) is 29.3 Å². The summed E-state index contributed by atoms with van der Waals surface area (Å²) in [5.41, 5.74) is 2.35. The first kappa shape index (κ1) is 17.7. The van der Waals surface area contributed by atoms with E-state index in [9.17, 15) is 20.0 Å². The number of halogens is 1. The molecule has 0 aliphatic carbocycles. The number of rotatable bonds is 5. The molecule has 0 radical (unpaired) electrons. The topological polar surface area (TPSA) is 114 Å². The molecule has 2 aromatic rings. The third-order valence-corrected chi connectivity index (χ3v) is 3.66. The highest BCUT2D eigenvalue weighted by atomic mass is 127. The zero-order valence-electron chi connectivity index (χ0n) is 12.4. The van der Waals surface area contributed by atoms with Crippen molar-refractivity contribution in [2.24, 2.45) is 5.10 Å². The lowest BCUT2D eigenvalue weighted by molar-refractivity contribution is -0.386. The molecule has 0 spiro atoms. The van der Waals surface area contributed by atoms with Gasteiger partial charge in [-0.2, -0.15) is 5.10 Å². The SMILES string of the molecule is COc1c(O)ccc(/C=N/NC(=O)c2cccc(I)c2)c1[N+](=O)[O-]. The number of phenols is 1. The Morgan fingerprint density at radius 3 is 2.79 bits per heavy atom. The van der Waals surface area contributed by atoms with E-state index in [1.807, 2.05) is 6.07 Å². The summed E-state index contributed by atoms with van der Waals surface area (Å²) in [7, 11) is 1.21. The lowest BCUT2D eigenvalue weighted by Gasteiger charge is -2.06. The Hall–Kier alpha value is -2.69. The lowest BCUT2D eigenvalue weighted by atomic mass is 10.1. The van der Waals surface area contributed by atoms with Crippen molar-refractivity contribution in [1.82, 2.24) is 5.43 Å². The maximum atomic E-state index is 12.0. The summed E-state index contributed by atoms with van der Waals surface area (Å²) >= 11 is 2.08. The summed E-state index contributed by atoms with van der Waals surface area (Å²) in [6, 6.07) is 9.42. The van der Waals surface area contributed by atoms with Crippen LogP contribution < -0.4 is 10.2 Å². The Morgan fingerprint density at radius 2 is 2.17 bits per heavy atom. The van der Waals surface area contributed by atoms with E-state index in [1.165, 1.54) is 19.2 Å². The fourth-order valence-electron chi connectivity index (χ4n) is 1.92. The number of hydrogen-bond donors (Lipinski definition) is 2. The first-order valence-electron chi connectivity index (χ1n) is 6.57. The number of ether oxygens (including phenoxy) is 1. The number of hydrogen-bond acceptors (Lipinski definition) is 6. The van der Waals surface area contributed by atoms with Crippen molar-refractivity contribution >= 4 is 40.4 Å². The van der Waals surface area contributed by atoms with Crippen LogP contribution in [-0.2, 0) is 0 Å². The Bertz CT molecular complexity index is 823. The van der Waals surface area contributed by atoms with E-state index >= 15 is 0 Å². The predicted molar refractivity (Wildman–Crippen MR) is 95.5 cm³/mol. The highest BCUT2D eigenvalue weighted by molar-refractivity contribution is 14.1. The molecule has 2 aromatic carbocycles. The summed E-state index contributed by atoms with van der Waals surface area (Å²) < 4.78 is 5.74. The zero-order valence-corrected chi connectivity index (χ0v) is 14.6. The van der Waals surface area contributed by atoms with Crippen molar-refractivity contribution in [1.29, 1.82) is 0 Å². The lowest BCUT2D eigenvalue weighted by Crippen LogP contribution is -2.17. The molecule has 0 saturated carbocycles. The van der Waals surface area contributed by atoms with E-state index in [0.717, 1.165) is 9.78 Å². The molecule has 0 saturated heterocycles. The third-order valence-electron chi connectivity index (χ3n) is 2.99. The molecule has 0 aromatic heterocycles. The molecule has 0 heterocycles. The van der Waals surface area contributed by atoms with Crippen LogP contribution in [0.15, 0.2) is 41.5 Å². The van der Waals surface area contributed by atoms with Gasteiger partial charge in [0.15, 0.2) is 5.75 Å². The van der Waals surface area contributed by atoms with E-state index in [2.05, 4.69) is 33.1 Å². The van der Waals surface area contributed by atoms with Crippen LogP contribution in [0.3, 0.4) is 0 Å². The van der Waals surface area contributed by atoms with Crippen LogP contribution in [0.5, 0.6) is 11.5 Å². The van der Waals surface area contributed by atoms with Crippen molar-refractivity contribution in [2.45, 2.75) is 0 Å². The van der Waals surface area contributed by atoms with Gasteiger partial charge in [-0.05, 0) is 52.9 Å². The Morgan fingerprint density at radius 1 is 1.42 bits per heavy atom. The molecule has 0 aliphatic heterocycles. The number of phenolic OH excluding ortho intramolecular Hbond substituents is 1. The second-order valence-corrected chi connectivity index (χ2v) is 5.77. The average molecular weight is 441 g/mol. The summed E-state index contributed by atoms with van der Waals surface area (Å²) in [6.45, 7) is 0. The molecular weight excluding hydrogens is 429 g/mol. The minimum atomic E-state index is -0.693. The minimum absolute atomic E-state index is 0.0811. The molecule has 2 N–H and O–H groups in total. The van der Waals surface area contributed by atoms with Crippen molar-refractivity contribution in [3.63, 3.8) is 0 Å². The highest BCUT2D eigenvalue weighted by Crippen LogP contribution is 2.37. The molecule has 124 valence electrons. The number of nitro groups is 1. The number of nitrogens with zero attached hydrogens (tertiary/aromatic N) is 2. The van der Waals surface area contributed by atoms with Gasteiger partial charge in [-0.25, -0.2) is 5.43 Å². The maximum Gasteiger partial charge on any atom is 0.323 e. The number of carbonyl (C=O) groups excluding carboxylic acids is 1. The first-order chi connectivity index (χ1) is 11.4. The van der Waals surface area contributed by atoms with Gasteiger partial charge in [-0.3, -0.25) is 14.9 Å².